The van der Waals surface area contributed by atoms with Crippen LogP contribution in [0.25, 0.3) is 0 Å². The van der Waals surface area contributed by atoms with Crippen LogP contribution >= 0.6 is 0 Å². The molecule has 0 aromatic heterocycles. The van der Waals surface area contributed by atoms with E-state index in [4.69, 9.17) is 0 Å². The highest BCUT2D eigenvalue weighted by Gasteiger charge is 2.72. The van der Waals surface area contributed by atoms with Crippen LogP contribution in [0.3, 0.4) is 0 Å². The van der Waals surface area contributed by atoms with Crippen LogP contribution in [-0.2, 0) is 15.0 Å². The summed E-state index contributed by atoms with van der Waals surface area (Å²) in [5.41, 5.74) is -8.66. The van der Waals surface area contributed by atoms with Gasteiger partial charge in [-0.25, -0.2) is 0 Å². The summed E-state index contributed by atoms with van der Waals surface area (Å²) in [5.74, 6) is -3.17. The average Bonchev–Trinajstić information content (AvgIpc) is 2.57. The van der Waals surface area contributed by atoms with Gasteiger partial charge >= 0.3 is 12.4 Å². The molecule has 2 aromatic carbocycles. The molecule has 2 amide bonds. The molecule has 168 valence electrons. The maximum absolute atomic E-state index is 14.2. The van der Waals surface area contributed by atoms with Crippen LogP contribution in [0, 0.1) is 0 Å². The summed E-state index contributed by atoms with van der Waals surface area (Å²) in [6.07, 6.45) is -11.9. The number of phenolic OH excluding ortho intramolecular Hbond substituents is 2. The molecule has 0 fully saturated rings. The van der Waals surface area contributed by atoms with Gasteiger partial charge in [-0.2, -0.15) is 26.3 Å². The van der Waals surface area contributed by atoms with Gasteiger partial charge in [0.05, 0.1) is 11.4 Å². The summed E-state index contributed by atoms with van der Waals surface area (Å²) in [4.78, 5) is 22.5. The van der Waals surface area contributed by atoms with Crippen molar-refractivity contribution in [1.29, 1.82) is 0 Å². The Morgan fingerprint density at radius 3 is 1.29 bits per heavy atom. The molecule has 0 aliphatic heterocycles. The number of alkyl halides is 6. The quantitative estimate of drug-likeness (QED) is 0.409. The lowest BCUT2D eigenvalue weighted by Gasteiger charge is -2.38. The maximum atomic E-state index is 14.2. The number of nitrogens with one attached hydrogen (secondary N) is 2. The topological polar surface area (TPSA) is 98.7 Å². The van der Waals surface area contributed by atoms with Crippen LogP contribution in [0.2, 0.25) is 0 Å². The van der Waals surface area contributed by atoms with E-state index >= 15 is 0 Å². The van der Waals surface area contributed by atoms with Gasteiger partial charge in [0.25, 0.3) is 0 Å². The van der Waals surface area contributed by atoms with E-state index in [-0.39, 0.29) is 0 Å². The van der Waals surface area contributed by atoms with E-state index in [1.807, 2.05) is 10.6 Å². The Bertz CT molecular complexity index is 936. The van der Waals surface area contributed by atoms with Crippen molar-refractivity contribution in [3.63, 3.8) is 0 Å². The van der Waals surface area contributed by atoms with Gasteiger partial charge in [-0.3, -0.25) is 9.59 Å². The third-order valence-corrected chi connectivity index (χ3v) is 4.33. The predicted octanol–water partition coefficient (Wildman–Crippen LogP) is 4.43. The molecule has 2 aromatic rings. The van der Waals surface area contributed by atoms with Crippen LogP contribution in [-0.4, -0.2) is 34.4 Å². The third kappa shape index (κ3) is 4.37. The van der Waals surface area contributed by atoms with Crippen LogP contribution in [0.5, 0.6) is 11.5 Å². The van der Waals surface area contributed by atoms with Crippen molar-refractivity contribution in [3.05, 3.63) is 47.5 Å². The molecule has 0 unspecified atom stereocenters. The zero-order valence-corrected chi connectivity index (χ0v) is 15.9. The fourth-order valence-corrected chi connectivity index (χ4v) is 3.10. The number of hydrogen-bond acceptors (Lipinski definition) is 4. The molecule has 0 aliphatic carbocycles. The van der Waals surface area contributed by atoms with E-state index in [0.717, 1.165) is 13.8 Å². The van der Waals surface area contributed by atoms with E-state index in [0.29, 0.717) is 36.4 Å². The van der Waals surface area contributed by atoms with E-state index in [1.54, 1.807) is 0 Å². The Hall–Kier alpha value is -3.44. The van der Waals surface area contributed by atoms with Crippen molar-refractivity contribution in [2.75, 3.05) is 10.6 Å². The fourth-order valence-electron chi connectivity index (χ4n) is 3.10. The summed E-state index contributed by atoms with van der Waals surface area (Å²) in [5, 5.41) is 23.4. The summed E-state index contributed by atoms with van der Waals surface area (Å²) in [7, 11) is 0. The molecular weight excluding hydrogens is 434 g/mol. The van der Waals surface area contributed by atoms with Gasteiger partial charge in [0.1, 0.15) is 11.5 Å². The van der Waals surface area contributed by atoms with Crippen molar-refractivity contribution in [2.45, 2.75) is 31.6 Å². The van der Waals surface area contributed by atoms with Gasteiger partial charge in [0.15, 0.2) is 0 Å². The monoisotopic (exact) mass is 450 g/mol. The molecule has 0 atom stereocenters. The minimum absolute atomic E-state index is 0.364. The average molecular weight is 450 g/mol. The first kappa shape index (κ1) is 23.8. The van der Waals surface area contributed by atoms with Gasteiger partial charge in [-0.15, -0.1) is 0 Å². The van der Waals surface area contributed by atoms with Crippen molar-refractivity contribution in [1.82, 2.24) is 0 Å². The number of carbonyl (C=O) groups excluding carboxylic acids is 2. The second-order valence-corrected chi connectivity index (χ2v) is 6.57. The standard InChI is InChI=1S/C19H16F6N2O4/c1-9(28)26-13-7-11(3-5-15(13)30)17(18(20,21)22,19(23,24)25)12-4-6-16(31)14(8-12)27-10(2)29/h3-8,30-31H,1-2H3,(H,26,28)(H,27,29). The Morgan fingerprint density at radius 2 is 1.03 bits per heavy atom. The molecule has 0 heterocycles. The normalized spacial score (nSPS) is 12.4. The molecule has 31 heavy (non-hydrogen) atoms. The van der Waals surface area contributed by atoms with Gasteiger partial charge in [-0.05, 0) is 35.4 Å². The highest BCUT2D eigenvalue weighted by atomic mass is 19.4. The maximum Gasteiger partial charge on any atom is 0.411 e. The van der Waals surface area contributed by atoms with Crippen LogP contribution in [0.15, 0.2) is 36.4 Å². The summed E-state index contributed by atoms with van der Waals surface area (Å²) >= 11 is 0. The molecular formula is C19H16F6N2O4. The Balaban J connectivity index is 2.94. The molecule has 6 nitrogen and oxygen atoms in total. The van der Waals surface area contributed by atoms with Gasteiger partial charge in [0, 0.05) is 13.8 Å². The Labute approximate surface area is 171 Å². The zero-order chi connectivity index (χ0) is 23.8. The highest BCUT2D eigenvalue weighted by molar-refractivity contribution is 5.91. The first-order valence-corrected chi connectivity index (χ1v) is 8.47. The third-order valence-electron chi connectivity index (χ3n) is 4.33. The summed E-state index contributed by atoms with van der Waals surface area (Å²) < 4.78 is 85.3. The molecule has 12 heteroatoms. The molecule has 0 spiro atoms. The van der Waals surface area contributed by atoms with Crippen molar-refractivity contribution >= 4 is 23.2 Å². The first-order chi connectivity index (χ1) is 14.1. The summed E-state index contributed by atoms with van der Waals surface area (Å²) in [6, 6.07) is 2.74. The second kappa shape index (κ2) is 8.00. The number of aromatic hydroxyl groups is 2. The largest absolute Gasteiger partial charge is 0.506 e. The number of amides is 2. The van der Waals surface area contributed by atoms with E-state index in [1.165, 1.54) is 0 Å². The number of rotatable bonds is 4. The lowest BCUT2D eigenvalue weighted by molar-refractivity contribution is -0.288. The number of benzene rings is 2. The fraction of sp³-hybridized carbons (Fsp3) is 0.263. The van der Waals surface area contributed by atoms with E-state index in [2.05, 4.69) is 0 Å². The molecule has 0 bridgehead atoms. The number of phenols is 2. The number of hydrogen-bond donors (Lipinski definition) is 4. The Morgan fingerprint density at radius 1 is 0.710 bits per heavy atom. The lowest BCUT2D eigenvalue weighted by atomic mass is 9.72. The van der Waals surface area contributed by atoms with Crippen molar-refractivity contribution in [3.8, 4) is 11.5 Å². The zero-order valence-electron chi connectivity index (χ0n) is 15.9. The minimum Gasteiger partial charge on any atom is -0.506 e. The lowest BCUT2D eigenvalue weighted by Crippen LogP contribution is -2.54. The smallest absolute Gasteiger partial charge is 0.411 e. The molecule has 0 radical (unpaired) electrons. The van der Waals surface area contributed by atoms with Crippen molar-refractivity contribution in [2.24, 2.45) is 0 Å². The number of carbonyl (C=O) groups is 2. The van der Waals surface area contributed by atoms with Crippen LogP contribution < -0.4 is 10.6 Å². The SMILES string of the molecule is CC(=O)Nc1cc(C(c2ccc(O)c(NC(C)=O)c2)(C(F)(F)F)C(F)(F)F)ccc1O. The van der Waals surface area contributed by atoms with Crippen molar-refractivity contribution < 1.29 is 46.1 Å². The Kier molecular flexibility index (Phi) is 6.15. The molecule has 0 aliphatic rings. The van der Waals surface area contributed by atoms with Gasteiger partial charge in [-0.1, -0.05) is 12.1 Å². The van der Waals surface area contributed by atoms with E-state index in [9.17, 15) is 46.1 Å². The minimum atomic E-state index is -5.96. The highest BCUT2D eigenvalue weighted by Crippen LogP contribution is 2.57. The molecule has 4 N–H and O–H groups in total. The number of halogens is 6. The number of anilines is 2. The molecule has 0 saturated heterocycles. The predicted molar refractivity (Wildman–Crippen MR) is 97.7 cm³/mol. The van der Waals surface area contributed by atoms with Crippen LogP contribution in [0.1, 0.15) is 25.0 Å². The van der Waals surface area contributed by atoms with Crippen LogP contribution in [0.4, 0.5) is 37.7 Å². The van der Waals surface area contributed by atoms with E-state index < -0.39 is 63.6 Å². The first-order valence-electron chi connectivity index (χ1n) is 8.47. The second-order valence-electron chi connectivity index (χ2n) is 6.57. The molecule has 0 saturated carbocycles. The van der Waals surface area contributed by atoms with Gasteiger partial charge in [0.2, 0.25) is 17.2 Å². The van der Waals surface area contributed by atoms with Gasteiger partial charge < -0.3 is 20.8 Å². The summed E-state index contributed by atoms with van der Waals surface area (Å²) in [6.45, 7) is 1.90. The molecule has 2 rings (SSSR count).